The van der Waals surface area contributed by atoms with E-state index < -0.39 is 0 Å². The van der Waals surface area contributed by atoms with Crippen LogP contribution in [-0.2, 0) is 11.3 Å². The molecule has 1 aliphatic carbocycles. The molecule has 1 saturated heterocycles. The fraction of sp³-hybridized carbons (Fsp3) is 0.300. The van der Waals surface area contributed by atoms with Crippen LogP contribution in [0.2, 0.25) is 5.02 Å². The first-order valence-electron chi connectivity index (χ1n) is 8.66. The van der Waals surface area contributed by atoms with E-state index in [2.05, 4.69) is 5.32 Å². The number of hydrogen-bond donors (Lipinski definition) is 1. The van der Waals surface area contributed by atoms with E-state index in [0.717, 1.165) is 24.0 Å². The number of carbonyl (C=O) groups is 2. The summed E-state index contributed by atoms with van der Waals surface area (Å²) in [5, 5.41) is 3.65. The zero-order valence-electron chi connectivity index (χ0n) is 14.2. The number of benzene rings is 2. The lowest BCUT2D eigenvalue weighted by atomic mass is 10.1. The number of nitrogens with one attached hydrogen (secondary N) is 1. The molecule has 0 aromatic heterocycles. The fourth-order valence-corrected chi connectivity index (χ4v) is 4.30. The second-order valence-corrected chi connectivity index (χ2v) is 8.19. The molecule has 1 atom stereocenters. The van der Waals surface area contributed by atoms with Crippen molar-refractivity contribution in [3.63, 3.8) is 0 Å². The Labute approximate surface area is 161 Å². The summed E-state index contributed by atoms with van der Waals surface area (Å²) >= 11 is 7.56. The van der Waals surface area contributed by atoms with Crippen molar-refractivity contribution in [3.8, 4) is 0 Å². The van der Waals surface area contributed by atoms with Crippen LogP contribution >= 0.6 is 23.4 Å². The number of nitrogens with zero attached hydrogens (tertiary/aromatic N) is 1. The van der Waals surface area contributed by atoms with E-state index >= 15 is 0 Å². The first-order valence-corrected chi connectivity index (χ1v) is 10.1. The minimum Gasteiger partial charge on any atom is -0.349 e. The maximum absolute atomic E-state index is 12.3. The Kier molecular flexibility index (Phi) is 4.92. The van der Waals surface area contributed by atoms with Crippen molar-refractivity contribution in [1.29, 1.82) is 0 Å². The summed E-state index contributed by atoms with van der Waals surface area (Å²) in [6.45, 7) is 0.553. The number of rotatable bonds is 5. The molecule has 4 rings (SSSR count). The van der Waals surface area contributed by atoms with E-state index in [9.17, 15) is 9.59 Å². The van der Waals surface area contributed by atoms with Crippen LogP contribution in [0, 0.1) is 0 Å². The van der Waals surface area contributed by atoms with Crippen molar-refractivity contribution in [2.24, 2.45) is 0 Å². The largest absolute Gasteiger partial charge is 0.349 e. The molecule has 0 spiro atoms. The normalized spacial score (nSPS) is 19.7. The SMILES string of the molecule is O=C(NC1CC1)c1ccc([C@@H]2SCC(=O)N2Cc2ccc(Cl)cc2)cc1. The van der Waals surface area contributed by atoms with E-state index in [-0.39, 0.29) is 17.2 Å². The highest BCUT2D eigenvalue weighted by molar-refractivity contribution is 8.00. The molecule has 2 amide bonds. The van der Waals surface area contributed by atoms with E-state index in [1.807, 2.05) is 53.4 Å². The molecule has 0 bridgehead atoms. The van der Waals surface area contributed by atoms with Gasteiger partial charge in [-0.2, -0.15) is 0 Å². The first-order chi connectivity index (χ1) is 12.6. The van der Waals surface area contributed by atoms with E-state index in [1.54, 1.807) is 11.8 Å². The van der Waals surface area contributed by atoms with Crippen LogP contribution in [0.3, 0.4) is 0 Å². The molecule has 6 heteroatoms. The quantitative estimate of drug-likeness (QED) is 0.844. The number of thioether (sulfide) groups is 1. The van der Waals surface area contributed by atoms with Gasteiger partial charge in [0.1, 0.15) is 5.37 Å². The Hall–Kier alpha value is -1.98. The van der Waals surface area contributed by atoms with Gasteiger partial charge in [-0.1, -0.05) is 35.9 Å². The Morgan fingerprint density at radius 1 is 1.12 bits per heavy atom. The van der Waals surface area contributed by atoms with Gasteiger partial charge in [0.05, 0.1) is 5.75 Å². The minimum atomic E-state index is -0.0290. The van der Waals surface area contributed by atoms with Gasteiger partial charge in [-0.25, -0.2) is 0 Å². The number of amides is 2. The minimum absolute atomic E-state index is 0.0211. The second kappa shape index (κ2) is 7.33. The van der Waals surface area contributed by atoms with Crippen molar-refractivity contribution in [2.45, 2.75) is 30.8 Å². The van der Waals surface area contributed by atoms with E-state index in [1.165, 1.54) is 0 Å². The third-order valence-corrected chi connectivity index (χ3v) is 6.11. The Morgan fingerprint density at radius 2 is 1.81 bits per heavy atom. The third kappa shape index (κ3) is 3.89. The van der Waals surface area contributed by atoms with Crippen LogP contribution < -0.4 is 5.32 Å². The van der Waals surface area contributed by atoms with Gasteiger partial charge in [0.2, 0.25) is 5.91 Å². The van der Waals surface area contributed by atoms with Crippen LogP contribution in [0.1, 0.15) is 39.7 Å². The van der Waals surface area contributed by atoms with E-state index in [4.69, 9.17) is 11.6 Å². The van der Waals surface area contributed by atoms with Crippen LogP contribution in [-0.4, -0.2) is 28.5 Å². The summed E-state index contributed by atoms with van der Waals surface area (Å²) < 4.78 is 0. The predicted octanol–water partition coefficient (Wildman–Crippen LogP) is 4.01. The van der Waals surface area contributed by atoms with Crippen molar-refractivity contribution >= 4 is 35.2 Å². The Bertz CT molecular complexity index is 819. The van der Waals surface area contributed by atoms with Gasteiger partial charge in [0, 0.05) is 23.2 Å². The lowest BCUT2D eigenvalue weighted by Crippen LogP contribution is -2.28. The van der Waals surface area contributed by atoms with E-state index in [0.29, 0.717) is 28.9 Å². The maximum atomic E-state index is 12.3. The standard InChI is InChI=1S/C20H19ClN2O2S/c21-16-7-1-13(2-8-16)11-23-18(24)12-26-20(23)15-5-3-14(4-6-15)19(25)22-17-9-10-17/h1-8,17,20H,9-12H2,(H,22,25)/t20-/m0/s1. The van der Waals surface area contributed by atoms with Crippen LogP contribution in [0.15, 0.2) is 48.5 Å². The first kappa shape index (κ1) is 17.4. The van der Waals surface area contributed by atoms with Gasteiger partial charge >= 0.3 is 0 Å². The number of hydrogen-bond acceptors (Lipinski definition) is 3. The van der Waals surface area contributed by atoms with Gasteiger partial charge in [0.15, 0.2) is 0 Å². The average Bonchev–Trinajstić information content (AvgIpc) is 3.39. The average molecular weight is 387 g/mol. The summed E-state index contributed by atoms with van der Waals surface area (Å²) in [5.41, 5.74) is 2.76. The topological polar surface area (TPSA) is 49.4 Å². The molecule has 0 unspecified atom stereocenters. The molecule has 1 N–H and O–H groups in total. The van der Waals surface area contributed by atoms with Gasteiger partial charge in [-0.15, -0.1) is 11.8 Å². The highest BCUT2D eigenvalue weighted by atomic mass is 35.5. The molecule has 1 saturated carbocycles. The molecule has 2 aromatic rings. The van der Waals surface area contributed by atoms with Crippen molar-refractivity contribution in [2.75, 3.05) is 5.75 Å². The Morgan fingerprint density at radius 3 is 2.46 bits per heavy atom. The van der Waals surface area contributed by atoms with Gasteiger partial charge in [-0.3, -0.25) is 9.59 Å². The summed E-state index contributed by atoms with van der Waals surface area (Å²) in [6, 6.07) is 15.5. The molecule has 1 aliphatic heterocycles. The molecule has 4 nitrogen and oxygen atoms in total. The zero-order valence-corrected chi connectivity index (χ0v) is 15.7. The smallest absolute Gasteiger partial charge is 0.251 e. The van der Waals surface area contributed by atoms with Crippen LogP contribution in [0.4, 0.5) is 0 Å². The summed E-state index contributed by atoms with van der Waals surface area (Å²) in [4.78, 5) is 26.4. The summed E-state index contributed by atoms with van der Waals surface area (Å²) in [7, 11) is 0. The molecule has 2 aliphatic rings. The fourth-order valence-electron chi connectivity index (χ4n) is 2.98. The van der Waals surface area contributed by atoms with Gasteiger partial charge < -0.3 is 10.2 Å². The van der Waals surface area contributed by atoms with Gasteiger partial charge in [0.25, 0.3) is 5.91 Å². The van der Waals surface area contributed by atoms with Crippen molar-refractivity contribution in [1.82, 2.24) is 10.2 Å². The molecule has 134 valence electrons. The number of halogens is 1. The summed E-state index contributed by atoms with van der Waals surface area (Å²) in [5.74, 6) is 0.583. The third-order valence-electron chi connectivity index (χ3n) is 4.60. The van der Waals surface area contributed by atoms with Gasteiger partial charge in [-0.05, 0) is 48.2 Å². The number of carbonyl (C=O) groups excluding carboxylic acids is 2. The van der Waals surface area contributed by atoms with Crippen LogP contribution in [0.5, 0.6) is 0 Å². The predicted molar refractivity (Wildman–Crippen MR) is 104 cm³/mol. The lowest BCUT2D eigenvalue weighted by molar-refractivity contribution is -0.128. The molecular weight excluding hydrogens is 368 g/mol. The lowest BCUT2D eigenvalue weighted by Gasteiger charge is -2.24. The maximum Gasteiger partial charge on any atom is 0.251 e. The summed E-state index contributed by atoms with van der Waals surface area (Å²) in [6.07, 6.45) is 2.15. The van der Waals surface area contributed by atoms with Crippen molar-refractivity contribution in [3.05, 3.63) is 70.2 Å². The molecule has 0 radical (unpaired) electrons. The van der Waals surface area contributed by atoms with Crippen molar-refractivity contribution < 1.29 is 9.59 Å². The second-order valence-electron chi connectivity index (χ2n) is 6.68. The molecule has 2 fully saturated rings. The molecule has 26 heavy (non-hydrogen) atoms. The molecule has 2 aromatic carbocycles. The highest BCUT2D eigenvalue weighted by Gasteiger charge is 2.33. The monoisotopic (exact) mass is 386 g/mol. The Balaban J connectivity index is 1.48. The molecule has 1 heterocycles. The molecular formula is C20H19ClN2O2S. The van der Waals surface area contributed by atoms with Crippen LogP contribution in [0.25, 0.3) is 0 Å². The highest BCUT2D eigenvalue weighted by Crippen LogP contribution is 2.39. The zero-order chi connectivity index (χ0) is 18.1.